The number of amides is 1. The van der Waals surface area contributed by atoms with Crippen molar-refractivity contribution < 1.29 is 23.4 Å². The first-order valence-corrected chi connectivity index (χ1v) is 10.8. The average molecular weight is 464 g/mol. The molecule has 0 unspecified atom stereocenters. The Bertz CT molecular complexity index is 1100. The molecule has 2 atom stereocenters. The average Bonchev–Trinajstić information content (AvgIpc) is 3.15. The van der Waals surface area contributed by atoms with E-state index in [1.54, 1.807) is 24.1 Å². The van der Waals surface area contributed by atoms with Gasteiger partial charge in [0, 0.05) is 36.5 Å². The second kappa shape index (κ2) is 8.41. The molecule has 2 aromatic rings. The number of aromatic nitrogens is 2. The summed E-state index contributed by atoms with van der Waals surface area (Å²) in [4.78, 5) is 26.2. The van der Waals surface area contributed by atoms with Crippen molar-refractivity contribution in [2.75, 3.05) is 43.2 Å². The minimum atomic E-state index is -1.24. The molecule has 1 amide bonds. The quantitative estimate of drug-likeness (QED) is 0.633. The van der Waals surface area contributed by atoms with Crippen molar-refractivity contribution in [2.24, 2.45) is 10.9 Å². The molecule has 12 heteroatoms. The van der Waals surface area contributed by atoms with Crippen molar-refractivity contribution in [2.45, 2.75) is 12.5 Å². The number of amidine groups is 1. The molecule has 4 rings (SSSR count). The Balaban J connectivity index is 1.83. The van der Waals surface area contributed by atoms with Crippen LogP contribution in [0.4, 0.5) is 25.2 Å². The molecule has 0 aliphatic carbocycles. The predicted molar refractivity (Wildman–Crippen MR) is 118 cm³/mol. The number of carbonyl (C=O) groups is 1. The molecule has 2 aliphatic heterocycles. The number of hydrogen-bond donors (Lipinski definition) is 3. The van der Waals surface area contributed by atoms with E-state index in [4.69, 9.17) is 9.73 Å². The van der Waals surface area contributed by atoms with Gasteiger partial charge in [0.1, 0.15) is 11.4 Å². The number of anilines is 2. The maximum Gasteiger partial charge on any atom is 0.410 e. The second-order valence-corrected chi connectivity index (χ2v) is 8.55. The van der Waals surface area contributed by atoms with Crippen LogP contribution in [0.2, 0.25) is 0 Å². The zero-order valence-electron chi connectivity index (χ0n) is 17.6. The molecule has 32 heavy (non-hydrogen) atoms. The maximum absolute atomic E-state index is 15.1. The summed E-state index contributed by atoms with van der Waals surface area (Å²) >= 11 is 1.26. The van der Waals surface area contributed by atoms with Crippen LogP contribution in [0.15, 0.2) is 23.2 Å². The lowest BCUT2D eigenvalue weighted by atomic mass is 9.81. The number of benzene rings is 1. The second-order valence-electron chi connectivity index (χ2n) is 7.54. The van der Waals surface area contributed by atoms with Crippen LogP contribution in [0.1, 0.15) is 11.3 Å². The van der Waals surface area contributed by atoms with Gasteiger partial charge in [0.05, 0.1) is 19.3 Å². The van der Waals surface area contributed by atoms with E-state index in [9.17, 15) is 14.3 Å². The Morgan fingerprint density at radius 2 is 2.16 bits per heavy atom. The van der Waals surface area contributed by atoms with Gasteiger partial charge in [-0.1, -0.05) is 11.8 Å². The van der Waals surface area contributed by atoms with Crippen LogP contribution in [0.3, 0.4) is 0 Å². The van der Waals surface area contributed by atoms with Crippen LogP contribution < -0.4 is 20.3 Å². The third-order valence-electron chi connectivity index (χ3n) is 5.66. The lowest BCUT2D eigenvalue weighted by molar-refractivity contribution is 0.200. The summed E-state index contributed by atoms with van der Waals surface area (Å²) in [5.74, 6) is -0.699. The highest BCUT2D eigenvalue weighted by Gasteiger charge is 2.52. The van der Waals surface area contributed by atoms with Crippen LogP contribution in [-0.4, -0.2) is 59.3 Å². The minimum Gasteiger partial charge on any atom is -0.479 e. The fraction of sp³-hybridized carbons (Fsp3) is 0.400. The summed E-state index contributed by atoms with van der Waals surface area (Å²) in [6.45, 7) is 2.12. The molecule has 2 aliphatic rings. The predicted octanol–water partition coefficient (Wildman–Crippen LogP) is 2.82. The molecule has 0 bridgehead atoms. The number of thioether (sulfide) groups is 1. The van der Waals surface area contributed by atoms with Gasteiger partial charge >= 0.3 is 6.09 Å². The zero-order valence-corrected chi connectivity index (χ0v) is 18.5. The number of fused-ring (bicyclic) bond motifs is 1. The summed E-state index contributed by atoms with van der Waals surface area (Å²) < 4.78 is 34.4. The van der Waals surface area contributed by atoms with Gasteiger partial charge in [0.2, 0.25) is 11.8 Å². The number of ether oxygens (including phenoxy) is 1. The monoisotopic (exact) mass is 464 g/mol. The molecular formula is C20H22F2N6O3S. The molecule has 0 radical (unpaired) electrons. The highest BCUT2D eigenvalue weighted by atomic mass is 32.2. The first-order valence-electron chi connectivity index (χ1n) is 9.81. The van der Waals surface area contributed by atoms with Gasteiger partial charge in [-0.2, -0.15) is 9.37 Å². The smallest absolute Gasteiger partial charge is 0.410 e. The van der Waals surface area contributed by atoms with Gasteiger partial charge in [0.25, 0.3) is 5.88 Å². The van der Waals surface area contributed by atoms with E-state index in [-0.39, 0.29) is 35.2 Å². The van der Waals surface area contributed by atoms with Gasteiger partial charge in [-0.3, -0.25) is 5.32 Å². The number of halogens is 2. The van der Waals surface area contributed by atoms with Gasteiger partial charge in [-0.05, 0) is 25.1 Å². The molecule has 9 nitrogen and oxygen atoms in total. The summed E-state index contributed by atoms with van der Waals surface area (Å²) in [6.07, 6.45) is -1.24. The summed E-state index contributed by atoms with van der Waals surface area (Å²) in [6, 6.07) is 4.66. The number of aryl methyl sites for hydroxylation is 1. The van der Waals surface area contributed by atoms with E-state index in [2.05, 4.69) is 20.6 Å². The summed E-state index contributed by atoms with van der Waals surface area (Å²) in [5.41, 5.74) is 0.0846. The van der Waals surface area contributed by atoms with Gasteiger partial charge < -0.3 is 20.1 Å². The molecule has 0 spiro atoms. The zero-order chi connectivity index (χ0) is 23.0. The van der Waals surface area contributed by atoms with E-state index in [0.29, 0.717) is 23.5 Å². The van der Waals surface area contributed by atoms with E-state index < -0.39 is 23.3 Å². The molecule has 0 saturated carbocycles. The van der Waals surface area contributed by atoms with Crippen LogP contribution in [0, 0.1) is 24.5 Å². The number of rotatable bonds is 4. The Kier molecular flexibility index (Phi) is 5.80. The first-order chi connectivity index (χ1) is 15.3. The van der Waals surface area contributed by atoms with Gasteiger partial charge in [-0.25, -0.2) is 19.2 Å². The number of hydrogen-bond acceptors (Lipinski definition) is 8. The fourth-order valence-corrected chi connectivity index (χ4v) is 5.22. The number of nitrogens with one attached hydrogen (secondary N) is 2. The van der Waals surface area contributed by atoms with Crippen molar-refractivity contribution in [1.82, 2.24) is 15.3 Å². The Morgan fingerprint density at radius 1 is 1.38 bits per heavy atom. The van der Waals surface area contributed by atoms with Gasteiger partial charge in [0.15, 0.2) is 5.17 Å². The Morgan fingerprint density at radius 3 is 2.84 bits per heavy atom. The largest absolute Gasteiger partial charge is 0.479 e. The van der Waals surface area contributed by atoms with Gasteiger partial charge in [-0.15, -0.1) is 0 Å². The lowest BCUT2D eigenvalue weighted by Gasteiger charge is -2.35. The fourth-order valence-electron chi connectivity index (χ4n) is 4.09. The molecule has 1 fully saturated rings. The normalized spacial score (nSPS) is 22.2. The van der Waals surface area contributed by atoms with E-state index in [1.165, 1.54) is 31.9 Å². The van der Waals surface area contributed by atoms with Crippen molar-refractivity contribution in [3.05, 3.63) is 41.1 Å². The molecule has 3 heterocycles. The number of nitrogens with zero attached hydrogens (tertiary/aromatic N) is 4. The number of aliphatic imine (C=N–C) groups is 1. The van der Waals surface area contributed by atoms with Crippen LogP contribution in [0.25, 0.3) is 0 Å². The molecule has 1 saturated heterocycles. The number of carboxylic acid groups (broad SMARTS) is 1. The topological polar surface area (TPSA) is 112 Å². The molecular weight excluding hydrogens is 442 g/mol. The Labute approximate surface area is 187 Å². The van der Waals surface area contributed by atoms with Crippen molar-refractivity contribution >= 4 is 34.7 Å². The third kappa shape index (κ3) is 3.78. The SMILES string of the molecule is CNc1ccc(F)c([C@]23CN(c4nc(C)c(F)c(OC)n4)C[C@H]2CSC(NC(=O)O)=N3)c1. The van der Waals surface area contributed by atoms with E-state index >= 15 is 4.39 Å². The van der Waals surface area contributed by atoms with E-state index in [1.807, 2.05) is 0 Å². The standard InChI is InChI=1S/C20H22F2N6O3S/c1-10-15(22)16(31-3)25-17(24-10)28-7-11-8-32-18(26-19(29)30)27-20(11,9-28)13-6-12(23-2)4-5-14(13)21/h4-6,11,23H,7-9H2,1-3H3,(H,26,27)(H,29,30)/t11-,20-/m0/s1. The molecule has 170 valence electrons. The Hall–Kier alpha value is -3.15. The number of methoxy groups -OCH3 is 1. The molecule has 1 aromatic heterocycles. The minimum absolute atomic E-state index is 0.130. The van der Waals surface area contributed by atoms with Crippen LogP contribution in [0.5, 0.6) is 5.88 Å². The van der Waals surface area contributed by atoms with Crippen molar-refractivity contribution in [1.29, 1.82) is 0 Å². The van der Waals surface area contributed by atoms with Crippen molar-refractivity contribution in [3.8, 4) is 5.88 Å². The summed E-state index contributed by atoms with van der Waals surface area (Å²) in [7, 11) is 3.05. The summed E-state index contributed by atoms with van der Waals surface area (Å²) in [5, 5.41) is 14.7. The third-order valence-corrected chi connectivity index (χ3v) is 6.69. The highest BCUT2D eigenvalue weighted by Crippen LogP contribution is 2.47. The van der Waals surface area contributed by atoms with Crippen molar-refractivity contribution in [3.63, 3.8) is 0 Å². The van der Waals surface area contributed by atoms with Crippen LogP contribution >= 0.6 is 11.8 Å². The van der Waals surface area contributed by atoms with E-state index in [0.717, 1.165) is 0 Å². The maximum atomic E-state index is 15.1. The first kappa shape index (κ1) is 22.1. The highest BCUT2D eigenvalue weighted by molar-refractivity contribution is 8.13. The van der Waals surface area contributed by atoms with Crippen LogP contribution in [-0.2, 0) is 5.54 Å². The molecule has 3 N–H and O–H groups in total. The molecule has 1 aromatic carbocycles. The lowest BCUT2D eigenvalue weighted by Crippen LogP contribution is -2.42.